The molecule has 0 amide bonds. The molecule has 1 aliphatic heterocycles. The van der Waals surface area contributed by atoms with Gasteiger partial charge in [0.25, 0.3) is 0 Å². The molecule has 0 aliphatic carbocycles. The van der Waals surface area contributed by atoms with Crippen molar-refractivity contribution < 1.29 is 9.53 Å². The van der Waals surface area contributed by atoms with Crippen LogP contribution in [0.2, 0.25) is 0 Å². The van der Waals surface area contributed by atoms with E-state index in [1.54, 1.807) is 0 Å². The lowest BCUT2D eigenvalue weighted by molar-refractivity contribution is 0.0934. The predicted molar refractivity (Wildman–Crippen MR) is 106 cm³/mol. The monoisotopic (exact) mass is 351 g/mol. The molecule has 0 N–H and O–H groups in total. The van der Waals surface area contributed by atoms with Crippen molar-refractivity contribution in [2.75, 3.05) is 26.2 Å². The van der Waals surface area contributed by atoms with Gasteiger partial charge < -0.3 is 9.64 Å². The summed E-state index contributed by atoms with van der Waals surface area (Å²) in [5, 5.41) is 0. The van der Waals surface area contributed by atoms with Gasteiger partial charge in [-0.05, 0) is 62.7 Å². The molecular formula is C23H29NO2. The number of carbonyl (C=O) groups excluding carboxylic acids is 1. The van der Waals surface area contributed by atoms with E-state index in [1.807, 2.05) is 49.4 Å². The molecule has 3 heteroatoms. The molecule has 1 heterocycles. The number of ketones is 1. The number of hydrogen-bond donors (Lipinski definition) is 0. The van der Waals surface area contributed by atoms with Gasteiger partial charge in [-0.1, -0.05) is 43.2 Å². The van der Waals surface area contributed by atoms with Crippen LogP contribution in [0, 0.1) is 0 Å². The lowest BCUT2D eigenvalue weighted by Crippen LogP contribution is -2.33. The molecule has 3 nitrogen and oxygen atoms in total. The highest BCUT2D eigenvalue weighted by Gasteiger charge is 2.25. The van der Waals surface area contributed by atoms with Gasteiger partial charge in [-0.15, -0.1) is 0 Å². The summed E-state index contributed by atoms with van der Waals surface area (Å²) in [6.45, 7) is 5.59. The highest BCUT2D eigenvalue weighted by Crippen LogP contribution is 2.25. The summed E-state index contributed by atoms with van der Waals surface area (Å²) in [6.07, 6.45) is 5.08. The molecule has 1 saturated heterocycles. The summed E-state index contributed by atoms with van der Waals surface area (Å²) in [5.41, 5.74) is 1.87. The molecule has 2 aromatic rings. The number of likely N-dealkylation sites (tertiary alicyclic amines) is 1. The van der Waals surface area contributed by atoms with E-state index >= 15 is 0 Å². The summed E-state index contributed by atoms with van der Waals surface area (Å²) in [4.78, 5) is 15.8. The van der Waals surface area contributed by atoms with Crippen molar-refractivity contribution >= 4 is 5.78 Å². The fourth-order valence-electron chi connectivity index (χ4n) is 3.69. The second kappa shape index (κ2) is 9.54. The Hall–Kier alpha value is -2.13. The number of hydrogen-bond acceptors (Lipinski definition) is 3. The SMILES string of the molecule is CCOc1ccc(C(=O)[C@@H](CN2CCCCCC2)c2ccccc2)cc1. The quantitative estimate of drug-likeness (QED) is 0.663. The molecule has 0 aromatic heterocycles. The van der Waals surface area contributed by atoms with Crippen LogP contribution >= 0.6 is 0 Å². The molecule has 0 unspecified atom stereocenters. The van der Waals surface area contributed by atoms with E-state index in [0.717, 1.165) is 36.5 Å². The largest absolute Gasteiger partial charge is 0.494 e. The molecule has 1 aliphatic rings. The van der Waals surface area contributed by atoms with Gasteiger partial charge in [0.05, 0.1) is 12.5 Å². The van der Waals surface area contributed by atoms with Crippen LogP contribution < -0.4 is 4.74 Å². The van der Waals surface area contributed by atoms with Crippen LogP contribution in [0.25, 0.3) is 0 Å². The summed E-state index contributed by atoms with van der Waals surface area (Å²) in [7, 11) is 0. The minimum Gasteiger partial charge on any atom is -0.494 e. The number of carbonyl (C=O) groups is 1. The van der Waals surface area contributed by atoms with Gasteiger partial charge in [-0.25, -0.2) is 0 Å². The van der Waals surface area contributed by atoms with Gasteiger partial charge in [-0.3, -0.25) is 4.79 Å². The molecule has 0 radical (unpaired) electrons. The zero-order valence-electron chi connectivity index (χ0n) is 15.7. The van der Waals surface area contributed by atoms with Gasteiger partial charge in [0.2, 0.25) is 0 Å². The number of ether oxygens (including phenoxy) is 1. The van der Waals surface area contributed by atoms with Crippen molar-refractivity contribution in [1.29, 1.82) is 0 Å². The molecule has 0 bridgehead atoms. The summed E-state index contributed by atoms with van der Waals surface area (Å²) < 4.78 is 5.50. The van der Waals surface area contributed by atoms with Crippen LogP contribution in [0.1, 0.15) is 54.4 Å². The third kappa shape index (κ3) is 4.95. The van der Waals surface area contributed by atoms with Gasteiger partial charge in [0.1, 0.15) is 5.75 Å². The smallest absolute Gasteiger partial charge is 0.171 e. The molecule has 0 spiro atoms. The van der Waals surface area contributed by atoms with E-state index < -0.39 is 0 Å². The topological polar surface area (TPSA) is 29.5 Å². The Morgan fingerprint density at radius 2 is 1.62 bits per heavy atom. The first-order chi connectivity index (χ1) is 12.8. The van der Waals surface area contributed by atoms with Crippen molar-refractivity contribution in [2.24, 2.45) is 0 Å². The van der Waals surface area contributed by atoms with Crippen molar-refractivity contribution in [2.45, 2.75) is 38.5 Å². The Morgan fingerprint density at radius 1 is 0.962 bits per heavy atom. The van der Waals surface area contributed by atoms with Crippen LogP contribution in [-0.2, 0) is 0 Å². The zero-order chi connectivity index (χ0) is 18.2. The Kier molecular flexibility index (Phi) is 6.84. The average molecular weight is 351 g/mol. The van der Waals surface area contributed by atoms with Crippen LogP contribution in [0.3, 0.4) is 0 Å². The molecule has 138 valence electrons. The summed E-state index contributed by atoms with van der Waals surface area (Å²) in [5.74, 6) is 0.892. The molecule has 2 aromatic carbocycles. The third-order valence-electron chi connectivity index (χ3n) is 5.11. The first kappa shape index (κ1) is 18.7. The lowest BCUT2D eigenvalue weighted by atomic mass is 9.90. The fourth-order valence-corrected chi connectivity index (χ4v) is 3.69. The maximum Gasteiger partial charge on any atom is 0.171 e. The summed E-state index contributed by atoms with van der Waals surface area (Å²) >= 11 is 0. The van der Waals surface area contributed by atoms with Gasteiger partial charge in [0.15, 0.2) is 5.78 Å². The molecule has 3 rings (SSSR count). The number of Topliss-reactive ketones (excluding diaryl/α,β-unsaturated/α-hetero) is 1. The minimum absolute atomic E-state index is 0.118. The van der Waals surface area contributed by atoms with Crippen LogP contribution in [0.4, 0.5) is 0 Å². The van der Waals surface area contributed by atoms with Crippen molar-refractivity contribution in [1.82, 2.24) is 4.90 Å². The first-order valence-corrected chi connectivity index (χ1v) is 9.82. The van der Waals surface area contributed by atoms with E-state index in [4.69, 9.17) is 4.74 Å². The van der Waals surface area contributed by atoms with Crippen molar-refractivity contribution in [3.63, 3.8) is 0 Å². The standard InChI is InChI=1S/C23H29NO2/c1-2-26-21-14-12-20(13-15-21)23(25)22(19-10-6-5-7-11-19)18-24-16-8-3-4-9-17-24/h5-7,10-15,22H,2-4,8-9,16-18H2,1H3/t22-/m0/s1. The molecule has 26 heavy (non-hydrogen) atoms. The fraction of sp³-hybridized carbons (Fsp3) is 0.435. The van der Waals surface area contributed by atoms with E-state index in [-0.39, 0.29) is 11.7 Å². The van der Waals surface area contributed by atoms with Crippen LogP contribution in [-0.4, -0.2) is 36.9 Å². The van der Waals surface area contributed by atoms with Gasteiger partial charge in [-0.2, -0.15) is 0 Å². The highest BCUT2D eigenvalue weighted by atomic mass is 16.5. The Bertz CT molecular complexity index is 673. The second-order valence-corrected chi connectivity index (χ2v) is 7.00. The number of nitrogens with zero attached hydrogens (tertiary/aromatic N) is 1. The Morgan fingerprint density at radius 3 is 2.23 bits per heavy atom. The number of benzene rings is 2. The van der Waals surface area contributed by atoms with E-state index in [1.165, 1.54) is 25.7 Å². The van der Waals surface area contributed by atoms with Crippen LogP contribution in [0.5, 0.6) is 5.75 Å². The lowest BCUT2D eigenvalue weighted by Gasteiger charge is -2.26. The third-order valence-corrected chi connectivity index (χ3v) is 5.11. The van der Waals surface area contributed by atoms with Gasteiger partial charge in [0, 0.05) is 12.1 Å². The molecular weight excluding hydrogens is 322 g/mol. The van der Waals surface area contributed by atoms with Crippen molar-refractivity contribution in [3.8, 4) is 5.75 Å². The molecule has 1 fully saturated rings. The maximum absolute atomic E-state index is 13.3. The molecule has 1 atom stereocenters. The summed E-state index contributed by atoms with van der Waals surface area (Å²) in [6, 6.07) is 17.8. The second-order valence-electron chi connectivity index (χ2n) is 7.00. The molecule has 0 saturated carbocycles. The van der Waals surface area contributed by atoms with Crippen LogP contribution in [0.15, 0.2) is 54.6 Å². The minimum atomic E-state index is -0.118. The van der Waals surface area contributed by atoms with E-state index in [2.05, 4.69) is 17.0 Å². The number of rotatable bonds is 7. The predicted octanol–water partition coefficient (Wildman–Crippen LogP) is 4.93. The Labute approximate surface area is 157 Å². The average Bonchev–Trinajstić information content (AvgIpc) is 2.96. The maximum atomic E-state index is 13.3. The van der Waals surface area contributed by atoms with Gasteiger partial charge >= 0.3 is 0 Å². The normalized spacial score (nSPS) is 16.7. The zero-order valence-corrected chi connectivity index (χ0v) is 15.7. The Balaban J connectivity index is 1.80. The van der Waals surface area contributed by atoms with E-state index in [9.17, 15) is 4.79 Å². The van der Waals surface area contributed by atoms with Crippen molar-refractivity contribution in [3.05, 3.63) is 65.7 Å². The van der Waals surface area contributed by atoms with E-state index in [0.29, 0.717) is 6.61 Å². The highest BCUT2D eigenvalue weighted by molar-refractivity contribution is 6.01. The first-order valence-electron chi connectivity index (χ1n) is 9.82.